The zero-order valence-corrected chi connectivity index (χ0v) is 10.7. The minimum atomic E-state index is -0.811. The van der Waals surface area contributed by atoms with Crippen molar-refractivity contribution in [1.29, 1.82) is 0 Å². The molecule has 4 atom stereocenters. The van der Waals surface area contributed by atoms with Crippen LogP contribution in [-0.4, -0.2) is 53.7 Å². The number of likely N-dealkylation sites (N-methyl/N-ethyl adjacent to an activating group) is 1. The molecule has 1 unspecified atom stereocenters. The van der Waals surface area contributed by atoms with Crippen LogP contribution in [-0.2, 0) is 9.47 Å². The van der Waals surface area contributed by atoms with E-state index < -0.39 is 35.7 Å². The van der Waals surface area contributed by atoms with Crippen LogP contribution in [0.2, 0.25) is 0 Å². The Bertz CT molecular complexity index is 540. The summed E-state index contributed by atoms with van der Waals surface area (Å²) in [5, 5.41) is 13.0. The molecule has 8 heteroatoms. The summed E-state index contributed by atoms with van der Waals surface area (Å²) >= 11 is 0. The van der Waals surface area contributed by atoms with Crippen LogP contribution in [0, 0.1) is 0 Å². The number of aliphatic hydroxyl groups excluding tert-OH is 1. The first-order valence-electron chi connectivity index (χ1n) is 5.89. The summed E-state index contributed by atoms with van der Waals surface area (Å²) in [4.78, 5) is 24.9. The van der Waals surface area contributed by atoms with E-state index in [0.29, 0.717) is 0 Å². The fourth-order valence-electron chi connectivity index (χ4n) is 2.23. The molecule has 106 valence electrons. The smallest absolute Gasteiger partial charge is 0.330 e. The highest BCUT2D eigenvalue weighted by molar-refractivity contribution is 4.96. The minimum Gasteiger partial charge on any atom is -0.389 e. The maximum atomic E-state index is 11.7. The Hall–Kier alpha value is -1.48. The molecule has 1 fully saturated rings. The second-order valence-corrected chi connectivity index (χ2v) is 4.34. The molecule has 0 radical (unpaired) electrons. The van der Waals surface area contributed by atoms with Crippen molar-refractivity contribution < 1.29 is 14.6 Å². The lowest BCUT2D eigenvalue weighted by molar-refractivity contribution is -0.0554. The molecule has 1 aliphatic rings. The first-order valence-corrected chi connectivity index (χ1v) is 5.89. The van der Waals surface area contributed by atoms with Gasteiger partial charge in [0, 0.05) is 19.4 Å². The number of H-pyrrole nitrogens is 1. The van der Waals surface area contributed by atoms with E-state index in [2.05, 4.69) is 10.3 Å². The topological polar surface area (TPSA) is 106 Å². The molecule has 1 aliphatic heterocycles. The van der Waals surface area contributed by atoms with Crippen LogP contribution in [0.4, 0.5) is 0 Å². The largest absolute Gasteiger partial charge is 0.389 e. The van der Waals surface area contributed by atoms with Gasteiger partial charge in [-0.05, 0) is 7.05 Å². The molecular formula is C11H17N3O5. The molecule has 0 aromatic carbocycles. The average Bonchev–Trinajstić information content (AvgIpc) is 2.67. The zero-order chi connectivity index (χ0) is 14.0. The number of nitrogens with one attached hydrogen (secondary N) is 2. The average molecular weight is 271 g/mol. The molecular weight excluding hydrogens is 254 g/mol. The predicted molar refractivity (Wildman–Crippen MR) is 66.0 cm³/mol. The van der Waals surface area contributed by atoms with Crippen LogP contribution >= 0.6 is 0 Å². The molecule has 0 aliphatic carbocycles. The first kappa shape index (κ1) is 13.9. The predicted octanol–water partition coefficient (Wildman–Crippen LogP) is -1.97. The molecule has 1 saturated heterocycles. The van der Waals surface area contributed by atoms with Crippen LogP contribution in [0.25, 0.3) is 0 Å². The van der Waals surface area contributed by atoms with E-state index >= 15 is 0 Å². The number of nitrogens with zero attached hydrogens (tertiary/aromatic N) is 1. The number of hydrogen-bond donors (Lipinski definition) is 3. The lowest BCUT2D eigenvalue weighted by atomic mass is 10.1. The maximum absolute atomic E-state index is 11.7. The molecule has 1 aromatic heterocycles. The maximum Gasteiger partial charge on any atom is 0.330 e. The third-order valence-corrected chi connectivity index (χ3v) is 3.16. The Morgan fingerprint density at radius 3 is 2.89 bits per heavy atom. The Morgan fingerprint density at radius 2 is 2.32 bits per heavy atom. The standard InChI is InChI=1S/C11H17N3O5/c1-12-8-9(16)6(5-18-2)19-10(8)14-4-3-7(15)13-11(14)17/h3-4,6,8-10,12,16H,5H2,1-2H3,(H,13,15,17)/t6-,8+,9?,10-/m1/s1. The van der Waals surface area contributed by atoms with Gasteiger partial charge in [0.15, 0.2) is 6.23 Å². The third-order valence-electron chi connectivity index (χ3n) is 3.16. The summed E-state index contributed by atoms with van der Waals surface area (Å²) in [5.41, 5.74) is -1.06. The van der Waals surface area contributed by atoms with Crippen molar-refractivity contribution in [3.63, 3.8) is 0 Å². The number of ether oxygens (including phenoxy) is 2. The Labute approximate surface area is 109 Å². The number of hydrogen-bond acceptors (Lipinski definition) is 6. The lowest BCUT2D eigenvalue weighted by Gasteiger charge is -2.20. The van der Waals surface area contributed by atoms with Crippen molar-refractivity contribution in [3.05, 3.63) is 33.1 Å². The van der Waals surface area contributed by atoms with Gasteiger partial charge in [-0.15, -0.1) is 0 Å². The summed E-state index contributed by atoms with van der Waals surface area (Å²) < 4.78 is 11.8. The molecule has 3 N–H and O–H groups in total. The van der Waals surface area contributed by atoms with Crippen molar-refractivity contribution in [2.45, 2.75) is 24.5 Å². The van der Waals surface area contributed by atoms with E-state index in [0.717, 1.165) is 0 Å². The zero-order valence-electron chi connectivity index (χ0n) is 10.7. The van der Waals surface area contributed by atoms with E-state index in [1.54, 1.807) is 7.05 Å². The van der Waals surface area contributed by atoms with Crippen molar-refractivity contribution in [2.24, 2.45) is 0 Å². The van der Waals surface area contributed by atoms with Crippen molar-refractivity contribution >= 4 is 0 Å². The van der Waals surface area contributed by atoms with E-state index in [4.69, 9.17) is 9.47 Å². The normalized spacial score (nSPS) is 30.7. The summed E-state index contributed by atoms with van der Waals surface area (Å²) in [6, 6.07) is 0.761. The molecule has 1 aromatic rings. The second kappa shape index (κ2) is 5.66. The van der Waals surface area contributed by atoms with Crippen molar-refractivity contribution in [3.8, 4) is 0 Å². The van der Waals surface area contributed by atoms with Crippen LogP contribution in [0.1, 0.15) is 6.23 Å². The molecule has 0 spiro atoms. The van der Waals surface area contributed by atoms with Crippen molar-refractivity contribution in [1.82, 2.24) is 14.9 Å². The Morgan fingerprint density at radius 1 is 1.58 bits per heavy atom. The van der Waals surface area contributed by atoms with Gasteiger partial charge >= 0.3 is 5.69 Å². The summed E-state index contributed by atoms with van der Waals surface area (Å²) in [6.45, 7) is 0.216. The van der Waals surface area contributed by atoms with Crippen LogP contribution in [0.5, 0.6) is 0 Å². The van der Waals surface area contributed by atoms with Crippen LogP contribution in [0.15, 0.2) is 21.9 Å². The van der Waals surface area contributed by atoms with Gasteiger partial charge in [0.25, 0.3) is 5.56 Å². The molecule has 19 heavy (non-hydrogen) atoms. The van der Waals surface area contributed by atoms with Gasteiger partial charge in [-0.25, -0.2) is 4.79 Å². The van der Waals surface area contributed by atoms with E-state index in [-0.39, 0.29) is 6.61 Å². The molecule has 0 saturated carbocycles. The number of rotatable bonds is 4. The second-order valence-electron chi connectivity index (χ2n) is 4.34. The van der Waals surface area contributed by atoms with Gasteiger partial charge in [-0.1, -0.05) is 0 Å². The number of methoxy groups -OCH3 is 1. The third kappa shape index (κ3) is 2.61. The highest BCUT2D eigenvalue weighted by atomic mass is 16.6. The minimum absolute atomic E-state index is 0.216. The van der Waals surface area contributed by atoms with Gasteiger partial charge < -0.3 is 19.9 Å². The Kier molecular flexibility index (Phi) is 4.15. The first-order chi connectivity index (χ1) is 9.08. The number of aliphatic hydroxyl groups is 1. The lowest BCUT2D eigenvalue weighted by Crippen LogP contribution is -2.44. The fourth-order valence-corrected chi connectivity index (χ4v) is 2.23. The van der Waals surface area contributed by atoms with Gasteiger partial charge in [0.05, 0.1) is 12.6 Å². The van der Waals surface area contributed by atoms with Gasteiger partial charge in [0.2, 0.25) is 0 Å². The molecule has 8 nitrogen and oxygen atoms in total. The molecule has 0 bridgehead atoms. The van der Waals surface area contributed by atoms with Gasteiger partial charge in [-0.3, -0.25) is 14.3 Å². The highest BCUT2D eigenvalue weighted by Crippen LogP contribution is 2.28. The van der Waals surface area contributed by atoms with Crippen molar-refractivity contribution in [2.75, 3.05) is 20.8 Å². The van der Waals surface area contributed by atoms with E-state index in [1.807, 2.05) is 0 Å². The molecule has 0 amide bonds. The number of aromatic amines is 1. The number of aromatic nitrogens is 2. The summed E-state index contributed by atoms with van der Waals surface area (Å²) in [5.74, 6) is 0. The highest BCUT2D eigenvalue weighted by Gasteiger charge is 2.44. The SMILES string of the molecule is CN[C@H]1C(O)[C@@H](COC)O[C@H]1n1ccc(=O)[nH]c1=O. The molecule has 2 rings (SSSR count). The van der Waals surface area contributed by atoms with Gasteiger partial charge in [0.1, 0.15) is 12.2 Å². The summed E-state index contributed by atoms with van der Waals surface area (Å²) in [7, 11) is 3.17. The van der Waals surface area contributed by atoms with Crippen LogP contribution < -0.4 is 16.6 Å². The van der Waals surface area contributed by atoms with Gasteiger partial charge in [-0.2, -0.15) is 0 Å². The Balaban J connectivity index is 2.32. The van der Waals surface area contributed by atoms with E-state index in [9.17, 15) is 14.7 Å². The monoisotopic (exact) mass is 271 g/mol. The van der Waals surface area contributed by atoms with Crippen LogP contribution in [0.3, 0.4) is 0 Å². The quantitative estimate of drug-likeness (QED) is 0.586. The fraction of sp³-hybridized carbons (Fsp3) is 0.636. The molecule has 2 heterocycles. The summed E-state index contributed by atoms with van der Waals surface area (Å²) in [6.07, 6.45) is -0.706. The van der Waals surface area contributed by atoms with E-state index in [1.165, 1.54) is 23.9 Å².